The second-order valence-electron chi connectivity index (χ2n) is 20.5. The topological polar surface area (TPSA) is 0 Å². The van der Waals surface area contributed by atoms with Gasteiger partial charge in [0.15, 0.2) is 116 Å². The molecule has 0 saturated heterocycles. The Labute approximate surface area is 451 Å². The zero-order chi connectivity index (χ0) is 61.1. The van der Waals surface area contributed by atoms with Gasteiger partial charge in [-0.15, -0.1) is 16.4 Å². The van der Waals surface area contributed by atoms with Gasteiger partial charge in [-0.05, 0) is 93.7 Å². The lowest BCUT2D eigenvalue weighted by Gasteiger charge is -2.49. The fraction of sp³-hybridized carbons (Fsp3) is 0.333. The van der Waals surface area contributed by atoms with Gasteiger partial charge >= 0.3 is 0 Å². The summed E-state index contributed by atoms with van der Waals surface area (Å²) in [5.74, 6) is -92.8. The van der Waals surface area contributed by atoms with Crippen molar-refractivity contribution in [3.63, 3.8) is 0 Å². The molecule has 83 heavy (non-hydrogen) atoms. The highest BCUT2D eigenvalue weighted by atomic mass is 31.2. The summed E-state index contributed by atoms with van der Waals surface area (Å²) in [5, 5.41) is -1.74. The monoisotopic (exact) mass is 1240 g/mol. The molecule has 9 rings (SSSR count). The summed E-state index contributed by atoms with van der Waals surface area (Å²) in [4.78, 5) is 0. The molecule has 3 fully saturated rings. The first-order chi connectivity index (χ1) is 39.0. The lowest BCUT2D eigenvalue weighted by Crippen LogP contribution is -2.69. The molecule has 446 valence electrons. The van der Waals surface area contributed by atoms with Crippen LogP contribution in [0.25, 0.3) is 33.4 Å². The van der Waals surface area contributed by atoms with Crippen molar-refractivity contribution >= 4 is 35.4 Å². The van der Waals surface area contributed by atoms with Crippen LogP contribution >= 0.6 is 7.26 Å². The summed E-state index contributed by atoms with van der Waals surface area (Å²) < 4.78 is 445. The molecule has 0 atom stereocenters. The molecule has 29 heteroatoms. The predicted molar refractivity (Wildman–Crippen MR) is 247 cm³/mol. The smallest absolute Gasteiger partial charge is 0.244 e. The maximum atomic E-state index is 20.7. The lowest BCUT2D eigenvalue weighted by atomic mass is 9.28. The minimum Gasteiger partial charge on any atom is -0.498 e. The molecule has 3 saturated carbocycles. The molecule has 0 radical (unpaired) electrons. The highest BCUT2D eigenvalue weighted by Gasteiger charge is 2.63. The van der Waals surface area contributed by atoms with Crippen LogP contribution in [0.4, 0.5) is 118 Å². The highest BCUT2D eigenvalue weighted by Crippen LogP contribution is 2.77. The number of hydrogen-bond acceptors (Lipinski definition) is 0. The maximum absolute atomic E-state index is 20.7. The van der Waals surface area contributed by atoms with Crippen molar-refractivity contribution in [2.75, 3.05) is 0 Å². The van der Waals surface area contributed by atoms with Crippen molar-refractivity contribution in [2.24, 2.45) is 0 Å². The van der Waals surface area contributed by atoms with Crippen molar-refractivity contribution in [1.29, 1.82) is 0 Å². The van der Waals surface area contributed by atoms with Gasteiger partial charge in [0.05, 0.1) is 40.9 Å². The Hall–Kier alpha value is -6.08. The summed E-state index contributed by atoms with van der Waals surface area (Å²) in [6.07, 6.45) is -6.32. The molecule has 6 aromatic carbocycles. The predicted octanol–water partition coefficient (Wildman–Crippen LogP) is 16.9. The highest BCUT2D eigenvalue weighted by molar-refractivity contribution is 7.84. The lowest BCUT2D eigenvalue weighted by molar-refractivity contribution is 0.379. The summed E-state index contributed by atoms with van der Waals surface area (Å²) in [6, 6.07) is 0. The SMILES string of the molecule is Fc1c(F)c(F)c(-c2c(F)c(F)c(F)c(F)c2[B-](F)(c2c(F)c(F)c(F)c(F)c2-c2c(F)c(F)c(F)c(F)c2F)c2c(F)c(F)c([P+](C3CCCCC3)(C3CCCCC3)C3CCCCC3)c(F)c2-c2c(F)c(F)c(F)c(F)c2F)c(F)c1F. The normalized spacial score (nSPS) is 16.2. The molecule has 0 N–H and O–H groups in total. The van der Waals surface area contributed by atoms with E-state index in [-0.39, 0.29) is 77.0 Å². The minimum atomic E-state index is -8.31. The third kappa shape index (κ3) is 8.90. The van der Waals surface area contributed by atoms with Crippen LogP contribution in [0.15, 0.2) is 0 Å². The Morgan fingerprint density at radius 3 is 0.627 bits per heavy atom. The molecule has 0 bridgehead atoms. The molecule has 0 aliphatic heterocycles. The fourth-order valence-electron chi connectivity index (χ4n) is 13.0. The first-order valence-electron chi connectivity index (χ1n) is 25.2. The minimum absolute atomic E-state index is 0.0624. The maximum Gasteiger partial charge on any atom is 0.244 e. The van der Waals surface area contributed by atoms with E-state index in [9.17, 15) is 8.78 Å². The third-order valence-electron chi connectivity index (χ3n) is 16.4. The van der Waals surface area contributed by atoms with Crippen molar-refractivity contribution in [1.82, 2.24) is 0 Å². The molecular weight excluding hydrogens is 1200 g/mol. The molecule has 0 nitrogen and oxygen atoms in total. The van der Waals surface area contributed by atoms with Crippen LogP contribution in [0.2, 0.25) is 0 Å². The van der Waals surface area contributed by atoms with E-state index in [1.165, 1.54) is 0 Å². The molecule has 6 aromatic rings. The number of hydrogen-bond donors (Lipinski definition) is 0. The van der Waals surface area contributed by atoms with Crippen LogP contribution in [0.5, 0.6) is 0 Å². The van der Waals surface area contributed by atoms with Gasteiger partial charge in [0.1, 0.15) is 17.5 Å². The van der Waals surface area contributed by atoms with E-state index < -0.39 is 237 Å². The fourth-order valence-corrected chi connectivity index (χ4v) is 20.5. The van der Waals surface area contributed by atoms with Gasteiger partial charge < -0.3 is 4.32 Å². The van der Waals surface area contributed by atoms with Crippen molar-refractivity contribution in [3.8, 4) is 33.4 Å². The van der Waals surface area contributed by atoms with E-state index in [1.807, 2.05) is 0 Å². The molecule has 0 heterocycles. The first kappa shape index (κ1) is 61.5. The quantitative estimate of drug-likeness (QED) is 0.0422. The van der Waals surface area contributed by atoms with Crippen LogP contribution in [0.1, 0.15) is 96.3 Å². The van der Waals surface area contributed by atoms with Crippen LogP contribution in [0, 0.1) is 151 Å². The Morgan fingerprint density at radius 1 is 0.205 bits per heavy atom. The van der Waals surface area contributed by atoms with Crippen LogP contribution in [-0.4, -0.2) is 23.4 Å². The van der Waals surface area contributed by atoms with Gasteiger partial charge in [-0.25, -0.2) is 110 Å². The van der Waals surface area contributed by atoms with Crippen molar-refractivity contribution in [2.45, 2.75) is 113 Å². The Morgan fingerprint density at radius 2 is 0.386 bits per heavy atom. The standard InChI is InChI=1S/C54H33BF27P/c56-28-19(22-30(58)42(70)50(78)43(71)31(22)59)25(37(65)48(76)40(28)68)55(82,26-20(29(57)41(69)49(77)38(26)66)23-32(60)44(72)51(79)45(73)33(23)61)27-21(24-34(62)46(74)52(80)47(75)35(24)63)36(64)54(53(81)39(27)67)83(16-10-4-1-5-11-16,17-12-6-2-7-13-17)18-14-8-3-9-15-18/h16-18H,1-15H2. The zero-order valence-electron chi connectivity index (χ0n) is 41.6. The van der Waals surface area contributed by atoms with Gasteiger partial charge in [-0.1, -0.05) is 19.3 Å². The van der Waals surface area contributed by atoms with Gasteiger partial charge in [-0.3, -0.25) is 0 Å². The molecule has 0 unspecified atom stereocenters. The average molecular weight is 1240 g/mol. The van der Waals surface area contributed by atoms with Gasteiger partial charge in [-0.2, -0.15) is 4.39 Å². The molecule has 3 aliphatic rings. The van der Waals surface area contributed by atoms with E-state index in [0.717, 1.165) is 0 Å². The third-order valence-corrected chi connectivity index (χ3v) is 22.8. The average Bonchev–Trinajstić information content (AvgIpc) is 0.828. The first-order valence-corrected chi connectivity index (χ1v) is 27.2. The van der Waals surface area contributed by atoms with Gasteiger partial charge in [0.2, 0.25) is 29.7 Å². The van der Waals surface area contributed by atoms with Crippen LogP contribution < -0.4 is 21.7 Å². The second-order valence-corrected chi connectivity index (χ2v) is 24.8. The summed E-state index contributed by atoms with van der Waals surface area (Å²) in [5.41, 5.74) is -35.5. The zero-order valence-corrected chi connectivity index (χ0v) is 42.5. The Kier molecular flexibility index (Phi) is 16.6. The summed E-state index contributed by atoms with van der Waals surface area (Å²) in [6.45, 7) is 0. The number of rotatable bonds is 10. The molecule has 3 aliphatic carbocycles. The van der Waals surface area contributed by atoms with Crippen LogP contribution in [-0.2, 0) is 0 Å². The molecular formula is C54H33BF27P. The second kappa shape index (κ2) is 22.4. The summed E-state index contributed by atoms with van der Waals surface area (Å²) >= 11 is 0. The van der Waals surface area contributed by atoms with E-state index >= 15 is 110 Å². The Bertz CT molecular complexity index is 3430. The molecule has 0 spiro atoms. The van der Waals surface area contributed by atoms with E-state index in [2.05, 4.69) is 0 Å². The number of benzene rings is 6. The Balaban J connectivity index is 1.68. The largest absolute Gasteiger partial charge is 0.498 e. The molecule has 0 aromatic heterocycles. The van der Waals surface area contributed by atoms with E-state index in [4.69, 9.17) is 0 Å². The van der Waals surface area contributed by atoms with E-state index in [1.54, 1.807) is 0 Å². The van der Waals surface area contributed by atoms with Crippen molar-refractivity contribution in [3.05, 3.63) is 151 Å². The van der Waals surface area contributed by atoms with Crippen LogP contribution in [0.3, 0.4) is 0 Å². The van der Waals surface area contributed by atoms with Gasteiger partial charge in [0, 0.05) is 0 Å². The summed E-state index contributed by atoms with van der Waals surface area (Å²) in [7, 11) is -4.38. The van der Waals surface area contributed by atoms with Gasteiger partial charge in [0.25, 0.3) is 0 Å². The molecule has 0 amide bonds. The van der Waals surface area contributed by atoms with E-state index in [0.29, 0.717) is 19.3 Å². The van der Waals surface area contributed by atoms with Crippen molar-refractivity contribution < 1.29 is 118 Å². The number of halogens is 27.